The lowest BCUT2D eigenvalue weighted by atomic mass is 10.3. The molecule has 0 aliphatic heterocycles. The van der Waals surface area contributed by atoms with Crippen molar-refractivity contribution in [3.05, 3.63) is 35.9 Å². The largest absolute Gasteiger partial charge is 0.361 e. The molecule has 96 valence electrons. The second-order valence-electron chi connectivity index (χ2n) is 3.61. The third-order valence-electron chi connectivity index (χ3n) is 2.34. The van der Waals surface area contributed by atoms with E-state index < -0.39 is 7.37 Å². The van der Waals surface area contributed by atoms with Gasteiger partial charge in [-0.25, -0.2) is 0 Å². The molecule has 0 heterocycles. The van der Waals surface area contributed by atoms with Crippen LogP contribution in [0.1, 0.15) is 13.3 Å². The molecule has 0 amide bonds. The Hall–Kier alpha value is -1.54. The molecule has 0 fully saturated rings. The van der Waals surface area contributed by atoms with Crippen LogP contribution < -0.4 is 5.30 Å². The number of hydrogen-bond donors (Lipinski definition) is 0. The lowest BCUT2D eigenvalue weighted by molar-refractivity contribution is -0.115. The third-order valence-corrected chi connectivity index (χ3v) is 4.91. The van der Waals surface area contributed by atoms with Gasteiger partial charge in [-0.1, -0.05) is 18.2 Å². The monoisotopic (exact) mass is 266 g/mol. The van der Waals surface area contributed by atoms with Gasteiger partial charge >= 0.3 is 6.21 Å². The van der Waals surface area contributed by atoms with Crippen molar-refractivity contribution in [3.63, 3.8) is 0 Å². The van der Waals surface area contributed by atoms with Gasteiger partial charge in [0, 0.05) is 17.9 Å². The highest BCUT2D eigenvalue weighted by atomic mass is 31.2. The summed E-state index contributed by atoms with van der Waals surface area (Å²) in [4.78, 5) is 13.9. The first-order valence-corrected chi connectivity index (χ1v) is 7.43. The summed E-state index contributed by atoms with van der Waals surface area (Å²) in [5.74, 6) is -0.381. The average molecular weight is 266 g/mol. The van der Waals surface area contributed by atoms with Crippen molar-refractivity contribution < 1.29 is 18.7 Å². The van der Waals surface area contributed by atoms with Crippen molar-refractivity contribution in [3.8, 4) is 0 Å². The molecule has 6 heteroatoms. The van der Waals surface area contributed by atoms with E-state index in [0.717, 1.165) is 6.21 Å². The first-order valence-electron chi connectivity index (χ1n) is 5.62. The van der Waals surface area contributed by atoms with Crippen LogP contribution in [0.2, 0.25) is 0 Å². The molecule has 0 bridgehead atoms. The summed E-state index contributed by atoms with van der Waals surface area (Å²) >= 11 is 0. The number of Topliss-reactive ketones (excluding diaryl/α,β-unsaturated/α-hetero) is 1. The fraction of sp³-hybridized carbons (Fsp3) is 0.333. The summed E-state index contributed by atoms with van der Waals surface area (Å²) in [6, 6.07) is 8.82. The maximum absolute atomic E-state index is 12.6. The molecule has 1 aromatic rings. The Balaban J connectivity index is 2.85. The van der Waals surface area contributed by atoms with Crippen molar-refractivity contribution in [2.75, 3.05) is 12.8 Å². The van der Waals surface area contributed by atoms with E-state index in [2.05, 4.69) is 4.79 Å². The van der Waals surface area contributed by atoms with Crippen LogP contribution in [-0.4, -0.2) is 29.6 Å². The highest BCUT2D eigenvalue weighted by Crippen LogP contribution is 2.46. The van der Waals surface area contributed by atoms with Gasteiger partial charge in [-0.3, -0.25) is 9.36 Å². The molecule has 0 saturated carbocycles. The Labute approximate surface area is 106 Å². The summed E-state index contributed by atoms with van der Waals surface area (Å²) in [7, 11) is -3.01. The quantitative estimate of drug-likeness (QED) is 0.327. The molecule has 5 nitrogen and oxygen atoms in total. The highest BCUT2D eigenvalue weighted by Gasteiger charge is 2.26. The highest BCUT2D eigenvalue weighted by molar-refractivity contribution is 7.67. The number of hydrogen-bond acceptors (Lipinski definition) is 3. The average Bonchev–Trinajstić information content (AvgIpc) is 2.38. The number of rotatable bonds is 7. The Bertz CT molecular complexity index is 495. The molecule has 0 aromatic heterocycles. The molecule has 0 radical (unpaired) electrons. The zero-order valence-corrected chi connectivity index (χ0v) is 11.0. The molecule has 1 rings (SSSR count). The molecule has 1 unspecified atom stereocenters. The van der Waals surface area contributed by atoms with E-state index in [1.165, 1.54) is 0 Å². The van der Waals surface area contributed by atoms with Crippen LogP contribution in [0.25, 0.3) is 5.53 Å². The lowest BCUT2D eigenvalue weighted by Gasteiger charge is -2.17. The zero-order chi connectivity index (χ0) is 13.4. The summed E-state index contributed by atoms with van der Waals surface area (Å²) in [5.41, 5.74) is 8.23. The Morgan fingerprint density at radius 2 is 2.11 bits per heavy atom. The van der Waals surface area contributed by atoms with Gasteiger partial charge in [-0.15, -0.1) is 0 Å². The third kappa shape index (κ3) is 4.04. The molecular weight excluding hydrogens is 251 g/mol. The molecule has 1 aromatic carbocycles. The van der Waals surface area contributed by atoms with Crippen molar-refractivity contribution >= 4 is 24.7 Å². The normalized spacial score (nSPS) is 13.4. The van der Waals surface area contributed by atoms with Crippen LogP contribution in [0.4, 0.5) is 0 Å². The fourth-order valence-electron chi connectivity index (χ4n) is 1.52. The van der Waals surface area contributed by atoms with E-state index in [1.807, 2.05) is 6.07 Å². The fourth-order valence-corrected chi connectivity index (χ4v) is 3.61. The summed E-state index contributed by atoms with van der Waals surface area (Å²) in [6.45, 7) is 2.07. The second-order valence-corrected chi connectivity index (χ2v) is 6.18. The van der Waals surface area contributed by atoms with E-state index in [0.29, 0.717) is 11.9 Å². The minimum atomic E-state index is -3.01. The van der Waals surface area contributed by atoms with Crippen LogP contribution in [0, 0.1) is 0 Å². The van der Waals surface area contributed by atoms with Gasteiger partial charge < -0.3 is 10.1 Å². The van der Waals surface area contributed by atoms with Crippen molar-refractivity contribution in [1.82, 2.24) is 0 Å². The molecule has 1 atom stereocenters. The van der Waals surface area contributed by atoms with Gasteiger partial charge in [0.05, 0.1) is 6.61 Å². The van der Waals surface area contributed by atoms with Crippen LogP contribution in [0.15, 0.2) is 30.3 Å². The van der Waals surface area contributed by atoms with Crippen molar-refractivity contribution in [1.29, 1.82) is 0 Å². The number of carbonyl (C=O) groups is 1. The van der Waals surface area contributed by atoms with Gasteiger partial charge in [0.1, 0.15) is 0 Å². The Morgan fingerprint density at radius 3 is 2.67 bits per heavy atom. The number of benzene rings is 1. The minimum Gasteiger partial charge on any atom is -0.361 e. The van der Waals surface area contributed by atoms with E-state index in [9.17, 15) is 9.36 Å². The maximum atomic E-state index is 12.6. The van der Waals surface area contributed by atoms with E-state index in [-0.39, 0.29) is 18.4 Å². The van der Waals surface area contributed by atoms with E-state index in [1.54, 1.807) is 31.2 Å². The topological polar surface area (TPSA) is 79.8 Å². The standard InChI is InChI=1S/C12H15N2O3P/c1-2-17-18(16,9-8-11(15)10-14-13)12-6-4-3-5-7-12/h3-7,10H,2,8-9H2,1H3. The van der Waals surface area contributed by atoms with Crippen molar-refractivity contribution in [2.45, 2.75) is 13.3 Å². The Morgan fingerprint density at radius 1 is 1.44 bits per heavy atom. The van der Waals surface area contributed by atoms with E-state index in [4.69, 9.17) is 10.1 Å². The summed E-state index contributed by atoms with van der Waals surface area (Å²) in [5, 5.41) is 0.598. The number of nitrogens with zero attached hydrogens (tertiary/aromatic N) is 2. The van der Waals surface area contributed by atoms with Crippen LogP contribution >= 0.6 is 7.37 Å². The van der Waals surface area contributed by atoms with Crippen LogP contribution in [0.5, 0.6) is 0 Å². The summed E-state index contributed by atoms with van der Waals surface area (Å²) in [6.07, 6.45) is 0.938. The lowest BCUT2D eigenvalue weighted by Crippen LogP contribution is -2.13. The first kappa shape index (κ1) is 14.5. The number of carbonyl (C=O) groups excluding carboxylic acids is 1. The molecule has 0 spiro atoms. The molecule has 0 saturated heterocycles. The smallest absolute Gasteiger partial charge is 0.323 e. The Kier molecular flexibility index (Phi) is 5.66. The minimum absolute atomic E-state index is 0.0240. The number of ketones is 1. The second kappa shape index (κ2) is 7.02. The van der Waals surface area contributed by atoms with Crippen molar-refractivity contribution in [2.24, 2.45) is 0 Å². The van der Waals surface area contributed by atoms with Crippen LogP contribution in [-0.2, 0) is 13.9 Å². The van der Waals surface area contributed by atoms with Crippen LogP contribution in [0.3, 0.4) is 0 Å². The summed E-state index contributed by atoms with van der Waals surface area (Å²) < 4.78 is 18.0. The predicted molar refractivity (Wildman–Crippen MR) is 69.5 cm³/mol. The SMILES string of the molecule is CCOP(=O)(CCC(=O)C=[N+]=[N-])c1ccccc1. The van der Waals surface area contributed by atoms with Gasteiger partial charge in [-0.05, 0) is 19.1 Å². The predicted octanol–water partition coefficient (Wildman–Crippen LogP) is 1.89. The molecular formula is C12H15N2O3P. The molecule has 0 N–H and O–H groups in total. The van der Waals surface area contributed by atoms with E-state index >= 15 is 0 Å². The van der Waals surface area contributed by atoms with Gasteiger partial charge in [0.25, 0.3) is 0 Å². The molecule has 0 aliphatic rings. The maximum Gasteiger partial charge on any atom is 0.323 e. The van der Waals surface area contributed by atoms with Gasteiger partial charge in [0.15, 0.2) is 0 Å². The zero-order valence-electron chi connectivity index (χ0n) is 10.2. The van der Waals surface area contributed by atoms with Gasteiger partial charge in [0.2, 0.25) is 13.2 Å². The first-order chi connectivity index (χ1) is 8.62. The van der Waals surface area contributed by atoms with Gasteiger partial charge in [-0.2, -0.15) is 4.79 Å². The molecule has 0 aliphatic carbocycles. The molecule has 18 heavy (non-hydrogen) atoms.